The number of carbonyl (C=O) groups excluding carboxylic acids is 1. The zero-order valence-electron chi connectivity index (χ0n) is 11.3. The topological polar surface area (TPSA) is 97.6 Å². The van der Waals surface area contributed by atoms with Crippen LogP contribution in [0.4, 0.5) is 5.82 Å². The van der Waals surface area contributed by atoms with Gasteiger partial charge in [0.05, 0.1) is 18.1 Å². The van der Waals surface area contributed by atoms with Crippen molar-refractivity contribution in [1.29, 1.82) is 0 Å². The molecular formula is C13H13N7O. The standard InChI is InChI=1S/C13H13N7O/c1-14-11(21)7-16-12-9-6-19-20(13(9)18-8-17-12)10-4-2-3-5-15-10/h2-6,8H,7H2,1H3,(H,14,21)(H,16,17,18). The minimum atomic E-state index is -0.126. The first-order valence-electron chi connectivity index (χ1n) is 6.34. The maximum absolute atomic E-state index is 11.3. The molecular weight excluding hydrogens is 270 g/mol. The highest BCUT2D eigenvalue weighted by atomic mass is 16.1. The number of fused-ring (bicyclic) bond motifs is 1. The fourth-order valence-corrected chi connectivity index (χ4v) is 1.88. The Morgan fingerprint density at radius 2 is 2.19 bits per heavy atom. The molecule has 0 aliphatic carbocycles. The van der Waals surface area contributed by atoms with E-state index in [9.17, 15) is 4.79 Å². The van der Waals surface area contributed by atoms with Crippen LogP contribution in [0.2, 0.25) is 0 Å². The summed E-state index contributed by atoms with van der Waals surface area (Å²) in [7, 11) is 1.58. The van der Waals surface area contributed by atoms with E-state index in [2.05, 4.69) is 30.7 Å². The van der Waals surface area contributed by atoms with Crippen molar-refractivity contribution in [2.75, 3.05) is 18.9 Å². The number of amides is 1. The predicted molar refractivity (Wildman–Crippen MR) is 77.0 cm³/mol. The molecule has 3 aromatic rings. The monoisotopic (exact) mass is 283 g/mol. The summed E-state index contributed by atoms with van der Waals surface area (Å²) in [4.78, 5) is 23.9. The van der Waals surface area contributed by atoms with Crippen LogP contribution in [0.25, 0.3) is 16.9 Å². The first-order valence-corrected chi connectivity index (χ1v) is 6.34. The van der Waals surface area contributed by atoms with Crippen molar-refractivity contribution in [3.63, 3.8) is 0 Å². The Hall–Kier alpha value is -3.03. The molecule has 0 saturated heterocycles. The van der Waals surface area contributed by atoms with E-state index in [0.717, 1.165) is 5.39 Å². The molecule has 8 heteroatoms. The molecule has 3 heterocycles. The van der Waals surface area contributed by atoms with Crippen LogP contribution in [0.1, 0.15) is 0 Å². The molecule has 0 bridgehead atoms. The van der Waals surface area contributed by atoms with Crippen molar-refractivity contribution in [3.05, 3.63) is 36.9 Å². The number of pyridine rings is 1. The van der Waals surface area contributed by atoms with Crippen molar-refractivity contribution in [1.82, 2.24) is 30.0 Å². The summed E-state index contributed by atoms with van der Waals surface area (Å²) < 4.78 is 1.63. The van der Waals surface area contributed by atoms with E-state index in [1.165, 1.54) is 6.33 Å². The Morgan fingerprint density at radius 1 is 1.29 bits per heavy atom. The molecule has 0 radical (unpaired) electrons. The third kappa shape index (κ3) is 2.50. The second-order valence-corrected chi connectivity index (χ2v) is 4.23. The van der Waals surface area contributed by atoms with Crippen LogP contribution in [-0.2, 0) is 4.79 Å². The van der Waals surface area contributed by atoms with Crippen LogP contribution in [0.15, 0.2) is 36.9 Å². The fraction of sp³-hybridized carbons (Fsp3) is 0.154. The Labute approximate surface area is 120 Å². The summed E-state index contributed by atoms with van der Waals surface area (Å²) in [6.07, 6.45) is 4.76. The summed E-state index contributed by atoms with van der Waals surface area (Å²) in [5, 5.41) is 10.5. The van der Waals surface area contributed by atoms with Gasteiger partial charge in [0, 0.05) is 13.2 Å². The lowest BCUT2D eigenvalue weighted by molar-refractivity contribution is -0.118. The molecule has 0 aliphatic heterocycles. The van der Waals surface area contributed by atoms with Crippen LogP contribution in [0.5, 0.6) is 0 Å². The third-order valence-corrected chi connectivity index (χ3v) is 2.93. The molecule has 0 spiro atoms. The van der Waals surface area contributed by atoms with Crippen molar-refractivity contribution in [2.45, 2.75) is 0 Å². The molecule has 3 rings (SSSR count). The van der Waals surface area contributed by atoms with Crippen LogP contribution in [0, 0.1) is 0 Å². The normalized spacial score (nSPS) is 10.5. The van der Waals surface area contributed by atoms with Crippen LogP contribution in [-0.4, -0.2) is 44.2 Å². The van der Waals surface area contributed by atoms with E-state index >= 15 is 0 Å². The van der Waals surface area contributed by atoms with Crippen LogP contribution >= 0.6 is 0 Å². The Balaban J connectivity index is 1.98. The van der Waals surface area contributed by atoms with Crippen molar-refractivity contribution < 1.29 is 4.79 Å². The van der Waals surface area contributed by atoms with E-state index in [-0.39, 0.29) is 12.5 Å². The number of nitrogens with one attached hydrogen (secondary N) is 2. The summed E-state index contributed by atoms with van der Waals surface area (Å²) >= 11 is 0. The van der Waals surface area contributed by atoms with Gasteiger partial charge >= 0.3 is 0 Å². The van der Waals surface area contributed by atoms with Crippen molar-refractivity contribution >= 4 is 22.8 Å². The van der Waals surface area contributed by atoms with Gasteiger partial charge in [0.15, 0.2) is 11.5 Å². The highest BCUT2D eigenvalue weighted by Gasteiger charge is 2.11. The van der Waals surface area contributed by atoms with Gasteiger partial charge in [-0.05, 0) is 12.1 Å². The second-order valence-electron chi connectivity index (χ2n) is 4.23. The minimum Gasteiger partial charge on any atom is -0.360 e. The largest absolute Gasteiger partial charge is 0.360 e. The van der Waals surface area contributed by atoms with E-state index in [4.69, 9.17) is 0 Å². The van der Waals surface area contributed by atoms with Gasteiger partial charge in [0.25, 0.3) is 0 Å². The zero-order chi connectivity index (χ0) is 14.7. The van der Waals surface area contributed by atoms with Gasteiger partial charge in [-0.2, -0.15) is 9.78 Å². The Kier molecular flexibility index (Phi) is 3.42. The summed E-state index contributed by atoms with van der Waals surface area (Å²) in [6.45, 7) is 0.136. The van der Waals surface area contributed by atoms with Gasteiger partial charge in [-0.25, -0.2) is 15.0 Å². The van der Waals surface area contributed by atoms with E-state index < -0.39 is 0 Å². The molecule has 1 amide bonds. The SMILES string of the molecule is CNC(=O)CNc1ncnc2c1cnn2-c1ccccn1. The number of carbonyl (C=O) groups is 1. The smallest absolute Gasteiger partial charge is 0.239 e. The first-order chi connectivity index (χ1) is 10.3. The van der Waals surface area contributed by atoms with Gasteiger partial charge < -0.3 is 10.6 Å². The van der Waals surface area contributed by atoms with Gasteiger partial charge in [-0.15, -0.1) is 0 Å². The minimum absolute atomic E-state index is 0.126. The van der Waals surface area contributed by atoms with Gasteiger partial charge in [-0.1, -0.05) is 6.07 Å². The third-order valence-electron chi connectivity index (χ3n) is 2.93. The number of likely N-dealkylation sites (N-methyl/N-ethyl adjacent to an activating group) is 1. The van der Waals surface area contributed by atoms with Crippen LogP contribution < -0.4 is 10.6 Å². The molecule has 0 unspecified atom stereocenters. The van der Waals surface area contributed by atoms with Crippen molar-refractivity contribution in [2.24, 2.45) is 0 Å². The highest BCUT2D eigenvalue weighted by molar-refractivity contribution is 5.89. The quantitative estimate of drug-likeness (QED) is 0.718. The number of rotatable bonds is 4. The average molecular weight is 283 g/mol. The Bertz CT molecular complexity index is 769. The van der Waals surface area contributed by atoms with Crippen molar-refractivity contribution in [3.8, 4) is 5.82 Å². The number of hydrogen-bond acceptors (Lipinski definition) is 6. The van der Waals surface area contributed by atoms with E-state index in [1.54, 1.807) is 24.1 Å². The maximum atomic E-state index is 11.3. The molecule has 0 aliphatic rings. The zero-order valence-corrected chi connectivity index (χ0v) is 11.3. The van der Waals surface area contributed by atoms with Gasteiger partial charge in [0.1, 0.15) is 12.1 Å². The Morgan fingerprint density at radius 3 is 2.95 bits per heavy atom. The summed E-state index contributed by atoms with van der Waals surface area (Å²) in [6, 6.07) is 5.55. The molecule has 0 atom stereocenters. The molecule has 0 fully saturated rings. The molecule has 0 saturated carbocycles. The number of anilines is 1. The molecule has 106 valence electrons. The lowest BCUT2D eigenvalue weighted by Crippen LogP contribution is -2.26. The van der Waals surface area contributed by atoms with Gasteiger partial charge in [-0.3, -0.25) is 4.79 Å². The fourth-order valence-electron chi connectivity index (χ4n) is 1.88. The van der Waals surface area contributed by atoms with E-state index in [1.807, 2.05) is 18.2 Å². The molecule has 2 N–H and O–H groups in total. The number of aromatic nitrogens is 5. The summed E-state index contributed by atoms with van der Waals surface area (Å²) in [5.74, 6) is 1.10. The molecule has 3 aromatic heterocycles. The van der Waals surface area contributed by atoms with Crippen LogP contribution in [0.3, 0.4) is 0 Å². The summed E-state index contributed by atoms with van der Waals surface area (Å²) in [5.41, 5.74) is 0.628. The maximum Gasteiger partial charge on any atom is 0.239 e. The molecule has 0 aromatic carbocycles. The average Bonchev–Trinajstić information content (AvgIpc) is 2.98. The number of nitrogens with zero attached hydrogens (tertiary/aromatic N) is 5. The second kappa shape index (κ2) is 5.53. The lowest BCUT2D eigenvalue weighted by atomic mass is 10.4. The number of hydrogen-bond donors (Lipinski definition) is 2. The molecule has 8 nitrogen and oxygen atoms in total. The highest BCUT2D eigenvalue weighted by Crippen LogP contribution is 2.20. The van der Waals surface area contributed by atoms with E-state index in [0.29, 0.717) is 17.3 Å². The molecule has 21 heavy (non-hydrogen) atoms. The lowest BCUT2D eigenvalue weighted by Gasteiger charge is -2.05. The predicted octanol–water partition coefficient (Wildman–Crippen LogP) is 0.368. The first kappa shape index (κ1) is 13.0. The van der Waals surface area contributed by atoms with Gasteiger partial charge in [0.2, 0.25) is 5.91 Å².